The maximum absolute atomic E-state index is 12.9. The summed E-state index contributed by atoms with van der Waals surface area (Å²) in [7, 11) is -3.41. The lowest BCUT2D eigenvalue weighted by Crippen LogP contribution is -2.35. The summed E-state index contributed by atoms with van der Waals surface area (Å²) < 4.78 is 25.0. The van der Waals surface area contributed by atoms with Gasteiger partial charge in [-0.25, -0.2) is 13.4 Å². The number of benzene rings is 1. The molecule has 2 heterocycles. The molecular weight excluding hydrogens is 334 g/mol. The van der Waals surface area contributed by atoms with E-state index in [9.17, 15) is 13.2 Å². The fraction of sp³-hybridized carbons (Fsp3) is 0.333. The van der Waals surface area contributed by atoms with Crippen LogP contribution in [0.2, 0.25) is 0 Å². The van der Waals surface area contributed by atoms with Crippen molar-refractivity contribution in [3.05, 3.63) is 40.4 Å². The van der Waals surface area contributed by atoms with Crippen LogP contribution in [-0.2, 0) is 16.4 Å². The van der Waals surface area contributed by atoms with Gasteiger partial charge in [0.2, 0.25) is 10.0 Å². The van der Waals surface area contributed by atoms with Gasteiger partial charge >= 0.3 is 0 Å². The molecule has 0 aliphatic carbocycles. The van der Waals surface area contributed by atoms with Crippen LogP contribution < -0.4 is 9.62 Å². The lowest BCUT2D eigenvalue weighted by molar-refractivity contribution is 0.0984. The Morgan fingerprint density at radius 1 is 1.39 bits per heavy atom. The summed E-state index contributed by atoms with van der Waals surface area (Å²) in [5.41, 5.74) is 2.59. The van der Waals surface area contributed by atoms with E-state index in [-0.39, 0.29) is 17.1 Å². The van der Waals surface area contributed by atoms with Gasteiger partial charge in [0.15, 0.2) is 5.13 Å². The number of carbonyl (C=O) groups excluding carboxylic acids is 1. The molecule has 0 radical (unpaired) electrons. The quantitative estimate of drug-likeness (QED) is 0.921. The monoisotopic (exact) mass is 351 g/mol. The number of sulfonamides is 1. The highest BCUT2D eigenvalue weighted by Gasteiger charge is 2.33. The number of aromatic nitrogens is 1. The van der Waals surface area contributed by atoms with Crippen molar-refractivity contribution >= 4 is 38.1 Å². The summed E-state index contributed by atoms with van der Waals surface area (Å²) in [6.45, 7) is 3.72. The van der Waals surface area contributed by atoms with Crippen molar-refractivity contribution in [3.63, 3.8) is 0 Å². The molecule has 2 aromatic rings. The van der Waals surface area contributed by atoms with Gasteiger partial charge in [-0.15, -0.1) is 0 Å². The van der Waals surface area contributed by atoms with E-state index in [0.29, 0.717) is 10.6 Å². The smallest absolute Gasteiger partial charge is 0.270 e. The van der Waals surface area contributed by atoms with Gasteiger partial charge in [0, 0.05) is 11.7 Å². The van der Waals surface area contributed by atoms with E-state index < -0.39 is 10.0 Å². The van der Waals surface area contributed by atoms with E-state index in [2.05, 4.69) is 9.71 Å². The van der Waals surface area contributed by atoms with E-state index in [4.69, 9.17) is 0 Å². The molecule has 23 heavy (non-hydrogen) atoms. The average molecular weight is 351 g/mol. The molecule has 1 amide bonds. The number of hydrogen-bond acceptors (Lipinski definition) is 5. The normalized spacial score (nSPS) is 17.2. The van der Waals surface area contributed by atoms with Crippen LogP contribution >= 0.6 is 11.3 Å². The van der Waals surface area contributed by atoms with Crippen LogP contribution in [-0.4, -0.2) is 31.6 Å². The Balaban J connectivity index is 1.95. The van der Waals surface area contributed by atoms with Gasteiger partial charge in [0.05, 0.1) is 11.9 Å². The number of amides is 1. The van der Waals surface area contributed by atoms with Gasteiger partial charge in [0.1, 0.15) is 4.88 Å². The molecule has 8 heteroatoms. The summed E-state index contributed by atoms with van der Waals surface area (Å²) >= 11 is 1.07. The molecule has 6 nitrogen and oxygen atoms in total. The molecule has 1 aliphatic heterocycles. The molecule has 1 aromatic heterocycles. The van der Waals surface area contributed by atoms with Crippen LogP contribution in [0.3, 0.4) is 0 Å². The van der Waals surface area contributed by atoms with Crippen molar-refractivity contribution in [1.82, 2.24) is 4.98 Å². The third-order valence-corrected chi connectivity index (χ3v) is 5.44. The van der Waals surface area contributed by atoms with Gasteiger partial charge in [-0.2, -0.15) is 0 Å². The minimum absolute atomic E-state index is 0.0627. The lowest BCUT2D eigenvalue weighted by atomic mass is 10.1. The largest absolute Gasteiger partial charge is 0.304 e. The predicted molar refractivity (Wildman–Crippen MR) is 91.7 cm³/mol. The highest BCUT2D eigenvalue weighted by Crippen LogP contribution is 2.35. The van der Waals surface area contributed by atoms with E-state index in [1.165, 1.54) is 0 Å². The summed E-state index contributed by atoms with van der Waals surface area (Å²) in [4.78, 5) is 19.3. The number of thiazole rings is 1. The molecule has 0 bridgehead atoms. The van der Waals surface area contributed by atoms with Crippen LogP contribution in [0.15, 0.2) is 24.3 Å². The second kappa shape index (κ2) is 5.61. The first-order valence-corrected chi connectivity index (χ1v) is 9.84. The Bertz CT molecular complexity index is 874. The molecule has 122 valence electrons. The zero-order chi connectivity index (χ0) is 16.8. The number of carbonyl (C=O) groups is 1. The first kappa shape index (κ1) is 15.9. The Morgan fingerprint density at radius 2 is 2.09 bits per heavy atom. The van der Waals surface area contributed by atoms with E-state index in [0.717, 1.165) is 35.3 Å². The number of fused-ring (bicyclic) bond motifs is 1. The number of aryl methyl sites for hydroxylation is 1. The summed E-state index contributed by atoms with van der Waals surface area (Å²) in [5, 5.41) is 0.216. The van der Waals surface area contributed by atoms with Gasteiger partial charge in [-0.05, 0) is 31.9 Å². The third kappa shape index (κ3) is 3.09. The number of nitrogens with one attached hydrogen (secondary N) is 1. The van der Waals surface area contributed by atoms with Crippen molar-refractivity contribution in [2.45, 2.75) is 26.3 Å². The second-order valence-corrected chi connectivity index (χ2v) is 8.41. The fourth-order valence-electron chi connectivity index (χ4n) is 2.78. The predicted octanol–water partition coefficient (Wildman–Crippen LogP) is 2.41. The number of para-hydroxylation sites is 1. The molecule has 1 atom stereocenters. The maximum Gasteiger partial charge on any atom is 0.270 e. The molecule has 0 spiro atoms. The van der Waals surface area contributed by atoms with E-state index in [1.807, 2.05) is 31.2 Å². The first-order valence-electron chi connectivity index (χ1n) is 7.13. The van der Waals surface area contributed by atoms with Crippen LogP contribution in [0.4, 0.5) is 10.8 Å². The highest BCUT2D eigenvalue weighted by atomic mass is 32.2. The van der Waals surface area contributed by atoms with Crippen molar-refractivity contribution in [2.24, 2.45) is 0 Å². The fourth-order valence-corrected chi connectivity index (χ4v) is 4.52. The van der Waals surface area contributed by atoms with Gasteiger partial charge < -0.3 is 4.90 Å². The molecule has 3 rings (SSSR count). The van der Waals surface area contributed by atoms with Gasteiger partial charge in [-0.3, -0.25) is 9.52 Å². The summed E-state index contributed by atoms with van der Waals surface area (Å²) in [6, 6.07) is 7.89. The van der Waals surface area contributed by atoms with Crippen molar-refractivity contribution < 1.29 is 13.2 Å². The minimum atomic E-state index is -3.41. The van der Waals surface area contributed by atoms with E-state index >= 15 is 0 Å². The topological polar surface area (TPSA) is 79.4 Å². The zero-order valence-electron chi connectivity index (χ0n) is 13.0. The number of rotatable bonds is 3. The molecule has 1 aromatic carbocycles. The molecule has 0 saturated heterocycles. The molecule has 1 aliphatic rings. The number of hydrogen-bond donors (Lipinski definition) is 1. The average Bonchev–Trinajstić information content (AvgIpc) is 2.95. The molecule has 1 N–H and O–H groups in total. The summed E-state index contributed by atoms with van der Waals surface area (Å²) in [6.07, 6.45) is 1.87. The van der Waals surface area contributed by atoms with Crippen LogP contribution in [0.5, 0.6) is 0 Å². The van der Waals surface area contributed by atoms with Crippen LogP contribution in [0.25, 0.3) is 0 Å². The number of nitrogens with zero attached hydrogens (tertiary/aromatic N) is 2. The standard InChI is InChI=1S/C15H17N3O3S2/c1-9-8-11-6-4-5-7-12(11)18(9)14(19)13-10(2)16-15(22-13)17-23(3,20)21/h4-7,9H,8H2,1-3H3,(H,16,17)/t9-/m1/s1. The molecule has 0 unspecified atom stereocenters. The highest BCUT2D eigenvalue weighted by molar-refractivity contribution is 7.92. The van der Waals surface area contributed by atoms with Crippen LogP contribution in [0, 0.1) is 6.92 Å². The molecule has 0 fully saturated rings. The third-order valence-electron chi connectivity index (χ3n) is 3.69. The van der Waals surface area contributed by atoms with E-state index in [1.54, 1.807) is 11.8 Å². The Hall–Kier alpha value is -1.93. The SMILES string of the molecule is Cc1nc(NS(C)(=O)=O)sc1C(=O)N1c2ccccc2C[C@H]1C. The van der Waals surface area contributed by atoms with Gasteiger partial charge in [0.25, 0.3) is 5.91 Å². The van der Waals surface area contributed by atoms with Crippen LogP contribution in [0.1, 0.15) is 27.9 Å². The molecular formula is C15H17N3O3S2. The summed E-state index contributed by atoms with van der Waals surface area (Å²) in [5.74, 6) is -0.140. The first-order chi connectivity index (χ1) is 10.8. The second-order valence-electron chi connectivity index (χ2n) is 5.66. The zero-order valence-corrected chi connectivity index (χ0v) is 14.7. The van der Waals surface area contributed by atoms with Gasteiger partial charge in [-0.1, -0.05) is 29.5 Å². The number of anilines is 2. The Morgan fingerprint density at radius 3 is 2.78 bits per heavy atom. The molecule has 0 saturated carbocycles. The Kier molecular flexibility index (Phi) is 3.89. The van der Waals surface area contributed by atoms with Crippen molar-refractivity contribution in [3.8, 4) is 0 Å². The maximum atomic E-state index is 12.9. The van der Waals surface area contributed by atoms with Crippen molar-refractivity contribution in [2.75, 3.05) is 15.9 Å². The minimum Gasteiger partial charge on any atom is -0.304 e. The lowest BCUT2D eigenvalue weighted by Gasteiger charge is -2.22. The Labute approximate surface area is 139 Å². The van der Waals surface area contributed by atoms with Crippen molar-refractivity contribution in [1.29, 1.82) is 0 Å².